The van der Waals surface area contributed by atoms with Gasteiger partial charge in [0.2, 0.25) is 6.10 Å². The van der Waals surface area contributed by atoms with Crippen molar-refractivity contribution < 1.29 is 19.4 Å². The van der Waals surface area contributed by atoms with Crippen LogP contribution in [0.25, 0.3) is 0 Å². The summed E-state index contributed by atoms with van der Waals surface area (Å²) in [6, 6.07) is 0. The number of carboxylic acids is 1. The second kappa shape index (κ2) is 4.61. The van der Waals surface area contributed by atoms with E-state index in [0.29, 0.717) is 5.75 Å². The third-order valence-corrected chi connectivity index (χ3v) is 1.55. The molecule has 0 saturated carbocycles. The van der Waals surface area contributed by atoms with Crippen LogP contribution in [0.15, 0.2) is 12.4 Å². The van der Waals surface area contributed by atoms with Crippen LogP contribution in [-0.4, -0.2) is 40.7 Å². The molecule has 0 aliphatic heterocycles. The summed E-state index contributed by atoms with van der Waals surface area (Å²) >= 11 is 0. The smallest absolute Gasteiger partial charge is 0.347 e. The van der Waals surface area contributed by atoms with Gasteiger partial charge in [-0.1, -0.05) is 0 Å². The first-order chi connectivity index (χ1) is 6.63. The number of aliphatic carboxylic acids is 1. The molecule has 1 aromatic rings. The summed E-state index contributed by atoms with van der Waals surface area (Å²) in [4.78, 5) is 10.7. The number of hydrogen-bond donors (Lipinski definition) is 1. The molecule has 6 nitrogen and oxygen atoms in total. The van der Waals surface area contributed by atoms with Crippen molar-refractivity contribution in [1.82, 2.24) is 9.78 Å². The maximum Gasteiger partial charge on any atom is 0.347 e. The van der Waals surface area contributed by atoms with E-state index in [1.54, 1.807) is 13.2 Å². The Balaban J connectivity index is 2.59. The minimum absolute atomic E-state index is 0.00419. The number of ether oxygens (including phenoxy) is 2. The SMILES string of the molecule is COCC(Oc1cnn(C)c1)C(=O)O. The molecule has 0 fully saturated rings. The zero-order valence-corrected chi connectivity index (χ0v) is 8.01. The summed E-state index contributed by atoms with van der Waals surface area (Å²) in [5, 5.41) is 12.6. The van der Waals surface area contributed by atoms with Gasteiger partial charge >= 0.3 is 5.97 Å². The minimum Gasteiger partial charge on any atom is -0.478 e. The van der Waals surface area contributed by atoms with Gasteiger partial charge in [0.25, 0.3) is 0 Å². The molecule has 0 saturated heterocycles. The van der Waals surface area contributed by atoms with Crippen LogP contribution in [0, 0.1) is 0 Å². The molecule has 6 heteroatoms. The van der Waals surface area contributed by atoms with E-state index in [-0.39, 0.29) is 6.61 Å². The van der Waals surface area contributed by atoms with Gasteiger partial charge in [0.1, 0.15) is 0 Å². The van der Waals surface area contributed by atoms with Crippen molar-refractivity contribution in [3.63, 3.8) is 0 Å². The molecule has 0 bridgehead atoms. The van der Waals surface area contributed by atoms with Crippen molar-refractivity contribution in [2.24, 2.45) is 7.05 Å². The standard InChI is InChI=1S/C8H12N2O4/c1-10-4-6(3-9-10)14-7(5-13-2)8(11)12/h3-4,7H,5H2,1-2H3,(H,11,12). The number of aryl methyl sites for hydroxylation is 1. The average molecular weight is 200 g/mol. The van der Waals surface area contributed by atoms with Gasteiger partial charge < -0.3 is 14.6 Å². The highest BCUT2D eigenvalue weighted by Crippen LogP contribution is 2.09. The van der Waals surface area contributed by atoms with Crippen LogP contribution in [0.3, 0.4) is 0 Å². The molecule has 1 heterocycles. The first-order valence-corrected chi connectivity index (χ1v) is 4.00. The van der Waals surface area contributed by atoms with E-state index < -0.39 is 12.1 Å². The van der Waals surface area contributed by atoms with Crippen LogP contribution < -0.4 is 4.74 Å². The normalized spacial score (nSPS) is 12.4. The molecular weight excluding hydrogens is 188 g/mol. The van der Waals surface area contributed by atoms with Gasteiger partial charge in [-0.3, -0.25) is 4.68 Å². The molecule has 14 heavy (non-hydrogen) atoms. The van der Waals surface area contributed by atoms with Crippen LogP contribution in [0.4, 0.5) is 0 Å². The largest absolute Gasteiger partial charge is 0.478 e. The lowest BCUT2D eigenvalue weighted by molar-refractivity contribution is -0.147. The van der Waals surface area contributed by atoms with Crippen molar-refractivity contribution in [2.75, 3.05) is 13.7 Å². The molecule has 0 radical (unpaired) electrons. The topological polar surface area (TPSA) is 73.6 Å². The minimum atomic E-state index is -1.06. The van der Waals surface area contributed by atoms with Gasteiger partial charge in [0, 0.05) is 14.2 Å². The second-order valence-corrected chi connectivity index (χ2v) is 2.75. The summed E-state index contributed by atoms with van der Waals surface area (Å²) in [5.41, 5.74) is 0. The van der Waals surface area contributed by atoms with Gasteiger partial charge in [0.15, 0.2) is 5.75 Å². The Bertz CT molecular complexity index is 310. The highest BCUT2D eigenvalue weighted by molar-refractivity contribution is 5.72. The van der Waals surface area contributed by atoms with Crippen molar-refractivity contribution in [2.45, 2.75) is 6.10 Å². The number of aromatic nitrogens is 2. The second-order valence-electron chi connectivity index (χ2n) is 2.75. The fourth-order valence-electron chi connectivity index (χ4n) is 0.931. The maximum atomic E-state index is 10.7. The van der Waals surface area contributed by atoms with E-state index >= 15 is 0 Å². The molecule has 1 rings (SSSR count). The molecule has 0 aliphatic rings. The number of carbonyl (C=O) groups is 1. The van der Waals surface area contributed by atoms with Gasteiger partial charge in [-0.05, 0) is 0 Å². The highest BCUT2D eigenvalue weighted by atomic mass is 16.5. The summed E-state index contributed by atoms with van der Waals surface area (Å²) in [5.74, 6) is -0.646. The van der Waals surface area contributed by atoms with Crippen molar-refractivity contribution in [3.8, 4) is 5.75 Å². The Morgan fingerprint density at radius 1 is 1.79 bits per heavy atom. The molecule has 1 unspecified atom stereocenters. The molecule has 78 valence electrons. The lowest BCUT2D eigenvalue weighted by Crippen LogP contribution is -2.31. The summed E-state index contributed by atoms with van der Waals surface area (Å²) in [6.45, 7) is 0.00419. The van der Waals surface area contributed by atoms with E-state index in [9.17, 15) is 4.79 Å². The third kappa shape index (κ3) is 2.74. The summed E-state index contributed by atoms with van der Waals surface area (Å²) in [6.07, 6.45) is 2.04. The first kappa shape index (κ1) is 10.5. The van der Waals surface area contributed by atoms with Gasteiger partial charge in [-0.15, -0.1) is 0 Å². The molecule has 1 atom stereocenters. The average Bonchev–Trinajstić information content (AvgIpc) is 2.50. The maximum absolute atomic E-state index is 10.7. The van der Waals surface area contributed by atoms with E-state index in [1.165, 1.54) is 18.0 Å². The predicted octanol–water partition coefficient (Wildman–Crippen LogP) is -0.102. The van der Waals surface area contributed by atoms with Gasteiger partial charge in [-0.2, -0.15) is 5.10 Å². The number of hydrogen-bond acceptors (Lipinski definition) is 4. The summed E-state index contributed by atoms with van der Waals surface area (Å²) in [7, 11) is 3.14. The third-order valence-electron chi connectivity index (χ3n) is 1.55. The Kier molecular flexibility index (Phi) is 3.47. The monoisotopic (exact) mass is 200 g/mol. The van der Waals surface area contributed by atoms with E-state index in [2.05, 4.69) is 5.10 Å². The fraction of sp³-hybridized carbons (Fsp3) is 0.500. The molecule has 0 spiro atoms. The van der Waals surface area contributed by atoms with Crippen LogP contribution in [0.1, 0.15) is 0 Å². The number of nitrogens with zero attached hydrogens (tertiary/aromatic N) is 2. The quantitative estimate of drug-likeness (QED) is 0.718. The Labute approximate surface area is 81.0 Å². The van der Waals surface area contributed by atoms with Crippen LogP contribution in [0.2, 0.25) is 0 Å². The zero-order chi connectivity index (χ0) is 10.6. The molecule has 1 N–H and O–H groups in total. The van der Waals surface area contributed by atoms with E-state index in [1.807, 2.05) is 0 Å². The number of carboxylic acid groups (broad SMARTS) is 1. The Morgan fingerprint density at radius 3 is 2.93 bits per heavy atom. The Hall–Kier alpha value is -1.56. The van der Waals surface area contributed by atoms with Gasteiger partial charge in [-0.25, -0.2) is 4.79 Å². The van der Waals surface area contributed by atoms with Crippen LogP contribution in [0.5, 0.6) is 5.75 Å². The number of methoxy groups -OCH3 is 1. The Morgan fingerprint density at radius 2 is 2.50 bits per heavy atom. The van der Waals surface area contributed by atoms with Crippen molar-refractivity contribution in [1.29, 1.82) is 0 Å². The molecular formula is C8H12N2O4. The molecule has 0 amide bonds. The fourth-order valence-corrected chi connectivity index (χ4v) is 0.931. The first-order valence-electron chi connectivity index (χ1n) is 4.00. The van der Waals surface area contributed by atoms with Crippen LogP contribution in [-0.2, 0) is 16.6 Å². The predicted molar refractivity (Wildman–Crippen MR) is 47.1 cm³/mol. The van der Waals surface area contributed by atoms with Crippen LogP contribution >= 0.6 is 0 Å². The van der Waals surface area contributed by atoms with Crippen molar-refractivity contribution >= 4 is 5.97 Å². The zero-order valence-electron chi connectivity index (χ0n) is 8.01. The lowest BCUT2D eigenvalue weighted by atomic mass is 10.4. The van der Waals surface area contributed by atoms with Gasteiger partial charge in [0.05, 0.1) is 19.0 Å². The molecule has 0 aliphatic carbocycles. The summed E-state index contributed by atoms with van der Waals surface area (Å²) < 4.78 is 11.4. The molecule has 1 aromatic heterocycles. The lowest BCUT2D eigenvalue weighted by Gasteiger charge is -2.11. The molecule has 0 aromatic carbocycles. The van der Waals surface area contributed by atoms with Crippen molar-refractivity contribution in [3.05, 3.63) is 12.4 Å². The van der Waals surface area contributed by atoms with E-state index in [4.69, 9.17) is 14.6 Å². The highest BCUT2D eigenvalue weighted by Gasteiger charge is 2.19. The van der Waals surface area contributed by atoms with E-state index in [0.717, 1.165) is 0 Å². The number of rotatable bonds is 5.